The van der Waals surface area contributed by atoms with E-state index in [9.17, 15) is 9.59 Å². The van der Waals surface area contributed by atoms with Crippen molar-refractivity contribution >= 4 is 51.5 Å². The smallest absolute Gasteiger partial charge is 0.234 e. The van der Waals surface area contributed by atoms with Gasteiger partial charge in [-0.1, -0.05) is 66.8 Å². The van der Waals surface area contributed by atoms with Crippen LogP contribution in [0.4, 0.5) is 5.13 Å². The molecule has 0 unspecified atom stereocenters. The van der Waals surface area contributed by atoms with E-state index >= 15 is 0 Å². The van der Waals surface area contributed by atoms with E-state index in [1.807, 2.05) is 12.1 Å². The number of allylic oxidation sites excluding steroid dienone is 2. The molecule has 2 aromatic rings. The molecule has 0 saturated carbocycles. The molecule has 2 aliphatic rings. The zero-order valence-electron chi connectivity index (χ0n) is 16.9. The van der Waals surface area contributed by atoms with Crippen molar-refractivity contribution in [2.75, 3.05) is 10.7 Å². The molecule has 0 spiro atoms. The van der Waals surface area contributed by atoms with E-state index in [4.69, 9.17) is 11.6 Å². The van der Waals surface area contributed by atoms with E-state index in [1.54, 1.807) is 23.1 Å². The summed E-state index contributed by atoms with van der Waals surface area (Å²) in [4.78, 5) is 28.2. The van der Waals surface area contributed by atoms with Crippen LogP contribution in [-0.2, 0) is 9.59 Å². The van der Waals surface area contributed by atoms with Crippen LogP contribution in [-0.4, -0.2) is 27.6 Å². The zero-order chi connectivity index (χ0) is 21.5. The third kappa shape index (κ3) is 4.11. The summed E-state index contributed by atoms with van der Waals surface area (Å²) in [6.45, 7) is 7.85. The maximum Gasteiger partial charge on any atom is 0.234 e. The summed E-state index contributed by atoms with van der Waals surface area (Å²) in [5, 5.41) is 9.64. The first kappa shape index (κ1) is 21.3. The third-order valence-electron chi connectivity index (χ3n) is 5.33. The molecular weight excluding hydrogens is 438 g/mol. The Balaban J connectivity index is 1.81. The second kappa shape index (κ2) is 8.29. The number of rotatable bonds is 5. The second-order valence-electron chi connectivity index (χ2n) is 8.29. The van der Waals surface area contributed by atoms with Gasteiger partial charge in [-0.05, 0) is 29.5 Å². The van der Waals surface area contributed by atoms with Gasteiger partial charge in [0.2, 0.25) is 11.0 Å². The minimum absolute atomic E-state index is 0.0596. The lowest BCUT2D eigenvalue weighted by atomic mass is 9.69. The molecule has 1 aliphatic carbocycles. The highest BCUT2D eigenvalue weighted by Gasteiger charge is 2.45. The van der Waals surface area contributed by atoms with Gasteiger partial charge in [0.1, 0.15) is 0 Å². The molecule has 4 rings (SSSR count). The number of nitrogens with zero attached hydrogens (tertiary/aromatic N) is 3. The van der Waals surface area contributed by atoms with Crippen LogP contribution >= 0.6 is 34.7 Å². The standard InChI is InChI=1S/C22H22ClN3O2S2/c1-4-9-29-21-25-24-20(30-21)26-16-11-22(2,3)12-17(27)19(16)15(10-18(26)28)13-5-7-14(23)8-6-13/h4-8,15H,1,9-12H2,2-3H3/t15-/m1/s1. The first-order valence-electron chi connectivity index (χ1n) is 9.71. The number of thioether (sulfide) groups is 1. The third-order valence-corrected chi connectivity index (χ3v) is 7.62. The van der Waals surface area contributed by atoms with E-state index in [1.165, 1.54) is 23.1 Å². The Morgan fingerprint density at radius 2 is 2.00 bits per heavy atom. The van der Waals surface area contributed by atoms with Crippen molar-refractivity contribution in [1.29, 1.82) is 0 Å². The van der Waals surface area contributed by atoms with Crippen molar-refractivity contribution in [3.8, 4) is 0 Å². The van der Waals surface area contributed by atoms with Crippen molar-refractivity contribution in [1.82, 2.24) is 10.2 Å². The van der Waals surface area contributed by atoms with Gasteiger partial charge >= 0.3 is 0 Å². The summed E-state index contributed by atoms with van der Waals surface area (Å²) in [6.07, 6.45) is 3.13. The van der Waals surface area contributed by atoms with Crippen molar-refractivity contribution in [2.24, 2.45) is 5.41 Å². The maximum absolute atomic E-state index is 13.3. The zero-order valence-corrected chi connectivity index (χ0v) is 19.2. The topological polar surface area (TPSA) is 63.2 Å². The Morgan fingerprint density at radius 1 is 1.27 bits per heavy atom. The van der Waals surface area contributed by atoms with Crippen LogP contribution in [0.5, 0.6) is 0 Å². The molecular formula is C22H22ClN3O2S2. The minimum atomic E-state index is -0.257. The maximum atomic E-state index is 13.3. The molecule has 30 heavy (non-hydrogen) atoms. The fourth-order valence-corrected chi connectivity index (χ4v) is 5.87. The molecule has 2 heterocycles. The number of carbonyl (C=O) groups excluding carboxylic acids is 2. The lowest BCUT2D eigenvalue weighted by Gasteiger charge is -2.41. The van der Waals surface area contributed by atoms with Crippen molar-refractivity contribution in [2.45, 2.75) is 43.4 Å². The van der Waals surface area contributed by atoms with E-state index in [-0.39, 0.29) is 29.4 Å². The molecule has 8 heteroatoms. The Morgan fingerprint density at radius 3 is 2.70 bits per heavy atom. The van der Waals surface area contributed by atoms with Gasteiger partial charge in [-0.25, -0.2) is 0 Å². The number of anilines is 1. The van der Waals surface area contributed by atoms with Crippen LogP contribution < -0.4 is 4.90 Å². The minimum Gasteiger partial charge on any atom is -0.294 e. The van der Waals surface area contributed by atoms with E-state index in [0.29, 0.717) is 23.0 Å². The Hall–Kier alpha value is -1.96. The molecule has 156 valence electrons. The largest absolute Gasteiger partial charge is 0.294 e. The van der Waals surface area contributed by atoms with E-state index in [2.05, 4.69) is 30.6 Å². The molecule has 1 aromatic heterocycles. The van der Waals surface area contributed by atoms with Crippen LogP contribution in [0.25, 0.3) is 0 Å². The number of halogens is 1. The monoisotopic (exact) mass is 459 g/mol. The van der Waals surface area contributed by atoms with Gasteiger partial charge in [-0.2, -0.15) is 0 Å². The number of benzene rings is 1. The number of hydrogen-bond acceptors (Lipinski definition) is 6. The van der Waals surface area contributed by atoms with Crippen LogP contribution in [0.2, 0.25) is 5.02 Å². The summed E-state index contributed by atoms with van der Waals surface area (Å²) < 4.78 is 0.779. The van der Waals surface area contributed by atoms with Gasteiger partial charge < -0.3 is 0 Å². The molecule has 5 nitrogen and oxygen atoms in total. The number of carbonyl (C=O) groups is 2. The van der Waals surface area contributed by atoms with Crippen molar-refractivity contribution < 1.29 is 9.59 Å². The molecule has 1 aliphatic heterocycles. The van der Waals surface area contributed by atoms with Crippen LogP contribution in [0.1, 0.15) is 44.6 Å². The number of ketones is 1. The van der Waals surface area contributed by atoms with Gasteiger partial charge in [-0.15, -0.1) is 16.8 Å². The molecule has 0 N–H and O–H groups in total. The highest BCUT2D eigenvalue weighted by molar-refractivity contribution is 8.01. The number of Topliss-reactive ketones (excluding diaryl/α,β-unsaturated/α-hetero) is 1. The molecule has 0 saturated heterocycles. The van der Waals surface area contributed by atoms with Crippen molar-refractivity contribution in [3.05, 3.63) is 58.8 Å². The SMILES string of the molecule is C=CCSc1nnc(N2C(=O)C[C@H](c3ccc(Cl)cc3)C3=C2CC(C)(C)CC3=O)s1. The molecule has 1 amide bonds. The lowest BCUT2D eigenvalue weighted by molar-refractivity contribution is -0.121. The lowest BCUT2D eigenvalue weighted by Crippen LogP contribution is -2.43. The molecule has 0 radical (unpaired) electrons. The Labute approximate surface area is 189 Å². The van der Waals surface area contributed by atoms with Gasteiger partial charge in [0.05, 0.1) is 0 Å². The predicted molar refractivity (Wildman–Crippen MR) is 122 cm³/mol. The summed E-state index contributed by atoms with van der Waals surface area (Å²) in [6, 6.07) is 7.42. The fourth-order valence-electron chi connectivity index (χ4n) is 4.10. The van der Waals surface area contributed by atoms with Crippen LogP contribution in [0.15, 0.2) is 52.5 Å². The predicted octanol–water partition coefficient (Wildman–Crippen LogP) is 5.63. The first-order valence-corrected chi connectivity index (χ1v) is 11.9. The van der Waals surface area contributed by atoms with Gasteiger partial charge in [0, 0.05) is 40.8 Å². The molecule has 0 fully saturated rings. The number of amides is 1. The average Bonchev–Trinajstić information content (AvgIpc) is 3.13. The summed E-state index contributed by atoms with van der Waals surface area (Å²) in [5.41, 5.74) is 2.21. The summed E-state index contributed by atoms with van der Waals surface area (Å²) in [7, 11) is 0. The Bertz CT molecular complexity index is 1040. The molecule has 1 aromatic carbocycles. The van der Waals surface area contributed by atoms with Gasteiger partial charge in [-0.3, -0.25) is 14.5 Å². The molecule has 0 bridgehead atoms. The highest BCUT2D eigenvalue weighted by Crippen LogP contribution is 2.48. The summed E-state index contributed by atoms with van der Waals surface area (Å²) in [5.74, 6) is 0.507. The van der Waals surface area contributed by atoms with Crippen LogP contribution in [0.3, 0.4) is 0 Å². The van der Waals surface area contributed by atoms with E-state index in [0.717, 1.165) is 26.9 Å². The quantitative estimate of drug-likeness (QED) is 0.329. The number of aromatic nitrogens is 2. The molecule has 1 atom stereocenters. The first-order chi connectivity index (χ1) is 14.3. The van der Waals surface area contributed by atoms with Gasteiger partial charge in [0.25, 0.3) is 0 Å². The fraction of sp³-hybridized carbons (Fsp3) is 0.364. The number of hydrogen-bond donors (Lipinski definition) is 0. The average molecular weight is 460 g/mol. The van der Waals surface area contributed by atoms with Gasteiger partial charge in [0.15, 0.2) is 10.1 Å². The normalized spacial score (nSPS) is 21.0. The van der Waals surface area contributed by atoms with Crippen molar-refractivity contribution in [3.63, 3.8) is 0 Å². The second-order valence-corrected chi connectivity index (χ2v) is 10.9. The Kier molecular flexibility index (Phi) is 5.88. The summed E-state index contributed by atoms with van der Waals surface area (Å²) >= 11 is 8.95. The van der Waals surface area contributed by atoms with Crippen LogP contribution in [0, 0.1) is 5.41 Å². The van der Waals surface area contributed by atoms with E-state index < -0.39 is 0 Å². The highest BCUT2D eigenvalue weighted by atomic mass is 35.5.